The van der Waals surface area contributed by atoms with E-state index in [0.717, 1.165) is 11.2 Å². The van der Waals surface area contributed by atoms with E-state index in [1.54, 1.807) is 6.92 Å². The maximum absolute atomic E-state index is 10.6. The van der Waals surface area contributed by atoms with Crippen molar-refractivity contribution in [1.29, 1.82) is 0 Å². The summed E-state index contributed by atoms with van der Waals surface area (Å²) in [4.78, 5) is 11.6. The summed E-state index contributed by atoms with van der Waals surface area (Å²) in [5.41, 5.74) is 0. The molecule has 3 heteroatoms. The molecular weight excluding hydrogens is 184 g/mol. The zero-order valence-corrected chi connectivity index (χ0v) is 8.20. The Hall–Kier alpha value is -0.800. The van der Waals surface area contributed by atoms with Gasteiger partial charge in [0.05, 0.1) is 11.4 Å². The molecule has 0 saturated carbocycles. The van der Waals surface area contributed by atoms with Crippen LogP contribution in [-0.2, 0) is 4.79 Å². The van der Waals surface area contributed by atoms with Crippen molar-refractivity contribution in [1.82, 2.24) is 0 Å². The van der Waals surface area contributed by atoms with Gasteiger partial charge in [-0.05, 0) is 19.1 Å². The van der Waals surface area contributed by atoms with Crippen molar-refractivity contribution in [3.8, 4) is 0 Å². The van der Waals surface area contributed by atoms with Crippen LogP contribution in [0.3, 0.4) is 0 Å². The van der Waals surface area contributed by atoms with Crippen LogP contribution in [0.25, 0.3) is 0 Å². The predicted molar refractivity (Wildman–Crippen MR) is 53.8 cm³/mol. The van der Waals surface area contributed by atoms with Gasteiger partial charge in [0.2, 0.25) is 0 Å². The summed E-state index contributed by atoms with van der Waals surface area (Å²) < 4.78 is 0. The van der Waals surface area contributed by atoms with Crippen LogP contribution in [0, 0.1) is 0 Å². The van der Waals surface area contributed by atoms with Gasteiger partial charge in [-0.15, -0.1) is 11.8 Å². The number of carbonyl (C=O) groups excluding carboxylic acids is 1. The quantitative estimate of drug-likeness (QED) is 0.588. The van der Waals surface area contributed by atoms with Gasteiger partial charge in [-0.3, -0.25) is 0 Å². The van der Waals surface area contributed by atoms with E-state index in [1.165, 1.54) is 11.8 Å². The fraction of sp³-hybridized carbons (Fsp3) is 0.300. The molecule has 0 aliphatic carbocycles. The second-order valence-electron chi connectivity index (χ2n) is 2.77. The van der Waals surface area contributed by atoms with Gasteiger partial charge in [-0.1, -0.05) is 18.2 Å². The number of aliphatic hydroxyl groups is 1. The predicted octanol–water partition coefficient (Wildman–Crippen LogP) is 1.73. The molecule has 1 N–H and O–H groups in total. The SMILES string of the molecule is C[C@@H](O)[C@@H](C=O)Sc1ccccc1. The second kappa shape index (κ2) is 5.04. The van der Waals surface area contributed by atoms with Crippen LogP contribution in [0.4, 0.5) is 0 Å². The summed E-state index contributed by atoms with van der Waals surface area (Å²) in [5.74, 6) is 0. The molecule has 0 fully saturated rings. The number of aliphatic hydroxyl groups excluding tert-OH is 1. The first-order valence-electron chi connectivity index (χ1n) is 4.09. The van der Waals surface area contributed by atoms with Crippen molar-refractivity contribution in [2.75, 3.05) is 0 Å². The van der Waals surface area contributed by atoms with Gasteiger partial charge in [-0.2, -0.15) is 0 Å². The fourth-order valence-corrected chi connectivity index (χ4v) is 1.78. The van der Waals surface area contributed by atoms with Crippen LogP contribution < -0.4 is 0 Å². The van der Waals surface area contributed by atoms with Gasteiger partial charge in [0.1, 0.15) is 6.29 Å². The molecule has 0 aliphatic heterocycles. The van der Waals surface area contributed by atoms with Crippen molar-refractivity contribution in [2.45, 2.75) is 23.2 Å². The lowest BCUT2D eigenvalue weighted by Gasteiger charge is -2.12. The first-order chi connectivity index (χ1) is 6.24. The standard InChI is InChI=1S/C10H12O2S/c1-8(12)10(7-11)13-9-5-3-2-4-6-9/h2-8,10,12H,1H3/t8-,10-/m1/s1. The minimum Gasteiger partial charge on any atom is -0.392 e. The summed E-state index contributed by atoms with van der Waals surface area (Å²) in [5, 5.41) is 8.85. The molecule has 70 valence electrons. The van der Waals surface area contributed by atoms with Crippen LogP contribution in [-0.4, -0.2) is 22.7 Å². The molecule has 0 aliphatic rings. The lowest BCUT2D eigenvalue weighted by molar-refractivity contribution is -0.108. The van der Waals surface area contributed by atoms with Crippen LogP contribution >= 0.6 is 11.8 Å². The zero-order valence-electron chi connectivity index (χ0n) is 7.38. The van der Waals surface area contributed by atoms with Crippen LogP contribution in [0.5, 0.6) is 0 Å². The third kappa shape index (κ3) is 3.20. The molecule has 2 atom stereocenters. The molecular formula is C10H12O2S. The van der Waals surface area contributed by atoms with Crippen molar-refractivity contribution >= 4 is 18.0 Å². The summed E-state index contributed by atoms with van der Waals surface area (Å²) >= 11 is 1.38. The van der Waals surface area contributed by atoms with Crippen LogP contribution in [0.1, 0.15) is 6.92 Å². The molecule has 0 spiro atoms. The Morgan fingerprint density at radius 2 is 2.00 bits per heavy atom. The first-order valence-corrected chi connectivity index (χ1v) is 4.97. The Morgan fingerprint density at radius 3 is 2.46 bits per heavy atom. The number of thioether (sulfide) groups is 1. The van der Waals surface area contributed by atoms with E-state index in [2.05, 4.69) is 0 Å². The number of rotatable bonds is 4. The summed E-state index contributed by atoms with van der Waals surface area (Å²) in [7, 11) is 0. The molecule has 0 aromatic heterocycles. The molecule has 0 bridgehead atoms. The zero-order chi connectivity index (χ0) is 9.68. The molecule has 0 saturated heterocycles. The van der Waals surface area contributed by atoms with Gasteiger partial charge < -0.3 is 9.90 Å². The monoisotopic (exact) mass is 196 g/mol. The van der Waals surface area contributed by atoms with Gasteiger partial charge >= 0.3 is 0 Å². The number of hydrogen-bond acceptors (Lipinski definition) is 3. The van der Waals surface area contributed by atoms with E-state index < -0.39 is 6.10 Å². The second-order valence-corrected chi connectivity index (χ2v) is 4.02. The van der Waals surface area contributed by atoms with E-state index in [9.17, 15) is 9.90 Å². The molecule has 0 heterocycles. The minimum absolute atomic E-state index is 0.373. The summed E-state index contributed by atoms with van der Waals surface area (Å²) in [6, 6.07) is 9.58. The molecule has 2 nitrogen and oxygen atoms in total. The molecule has 1 rings (SSSR count). The molecule has 1 aromatic rings. The van der Waals surface area contributed by atoms with Gasteiger partial charge in [0.25, 0.3) is 0 Å². The molecule has 0 unspecified atom stereocenters. The number of hydrogen-bond donors (Lipinski definition) is 1. The Kier molecular flexibility index (Phi) is 3.99. The summed E-state index contributed by atoms with van der Waals surface area (Å²) in [6.45, 7) is 1.62. The normalized spacial score (nSPS) is 14.9. The first kappa shape index (κ1) is 10.3. The summed E-state index contributed by atoms with van der Waals surface area (Å²) in [6.07, 6.45) is 0.171. The Labute approximate surface area is 82.0 Å². The van der Waals surface area contributed by atoms with Crippen molar-refractivity contribution < 1.29 is 9.90 Å². The lowest BCUT2D eigenvalue weighted by Crippen LogP contribution is -2.20. The number of aldehydes is 1. The third-order valence-electron chi connectivity index (χ3n) is 1.62. The van der Waals surface area contributed by atoms with Gasteiger partial charge in [-0.25, -0.2) is 0 Å². The largest absolute Gasteiger partial charge is 0.392 e. The molecule has 0 radical (unpaired) electrons. The third-order valence-corrected chi connectivity index (χ3v) is 2.95. The highest BCUT2D eigenvalue weighted by Crippen LogP contribution is 2.23. The molecule has 13 heavy (non-hydrogen) atoms. The van der Waals surface area contributed by atoms with Gasteiger partial charge in [0.15, 0.2) is 0 Å². The van der Waals surface area contributed by atoms with E-state index in [4.69, 9.17) is 0 Å². The maximum atomic E-state index is 10.6. The Balaban J connectivity index is 2.62. The Bertz CT molecular complexity index is 259. The fourth-order valence-electron chi connectivity index (χ4n) is 0.896. The van der Waals surface area contributed by atoms with Gasteiger partial charge in [0, 0.05) is 4.90 Å². The molecule has 1 aromatic carbocycles. The van der Waals surface area contributed by atoms with Crippen LogP contribution in [0.2, 0.25) is 0 Å². The maximum Gasteiger partial charge on any atom is 0.135 e. The highest BCUT2D eigenvalue weighted by molar-refractivity contribution is 8.00. The molecule has 0 amide bonds. The highest BCUT2D eigenvalue weighted by Gasteiger charge is 2.14. The minimum atomic E-state index is -0.609. The van der Waals surface area contributed by atoms with E-state index in [1.807, 2.05) is 30.3 Å². The van der Waals surface area contributed by atoms with E-state index >= 15 is 0 Å². The van der Waals surface area contributed by atoms with Crippen molar-refractivity contribution in [3.63, 3.8) is 0 Å². The van der Waals surface area contributed by atoms with Crippen molar-refractivity contribution in [3.05, 3.63) is 30.3 Å². The topological polar surface area (TPSA) is 37.3 Å². The van der Waals surface area contributed by atoms with Crippen LogP contribution in [0.15, 0.2) is 35.2 Å². The number of benzene rings is 1. The average molecular weight is 196 g/mol. The number of carbonyl (C=O) groups is 1. The lowest BCUT2D eigenvalue weighted by atomic mass is 10.3. The average Bonchev–Trinajstić information content (AvgIpc) is 2.15. The van der Waals surface area contributed by atoms with E-state index in [0.29, 0.717) is 0 Å². The van der Waals surface area contributed by atoms with Crippen molar-refractivity contribution in [2.24, 2.45) is 0 Å². The van der Waals surface area contributed by atoms with E-state index in [-0.39, 0.29) is 5.25 Å². The smallest absolute Gasteiger partial charge is 0.135 e. The Morgan fingerprint density at radius 1 is 1.38 bits per heavy atom. The highest BCUT2D eigenvalue weighted by atomic mass is 32.2.